The fourth-order valence-electron chi connectivity index (χ4n) is 5.96. The maximum Gasteiger partial charge on any atom is 0.107 e. The summed E-state index contributed by atoms with van der Waals surface area (Å²) in [5.74, 6) is 0.604. The Balaban J connectivity index is 1.53. The van der Waals surface area contributed by atoms with Crippen LogP contribution in [0.1, 0.15) is 62.5 Å². The topological polar surface area (TPSA) is 27.0 Å². The zero-order chi connectivity index (χ0) is 20.8. The van der Waals surface area contributed by atoms with Gasteiger partial charge in [-0.25, -0.2) is 0 Å². The van der Waals surface area contributed by atoms with E-state index in [4.69, 9.17) is 0 Å². The quantitative estimate of drug-likeness (QED) is 0.357. The van der Waals surface area contributed by atoms with Gasteiger partial charge in [-0.3, -0.25) is 4.90 Å². The first-order chi connectivity index (χ1) is 14.8. The summed E-state index contributed by atoms with van der Waals surface area (Å²) in [4.78, 5) is 2.79. The van der Waals surface area contributed by atoms with E-state index in [1.54, 1.807) is 0 Å². The lowest BCUT2D eigenvalue weighted by molar-refractivity contribution is 0.0937. The molecule has 0 aliphatic carbocycles. The van der Waals surface area contributed by atoms with Crippen LogP contribution in [0.4, 0.5) is 0 Å². The van der Waals surface area contributed by atoms with Gasteiger partial charge in [-0.2, -0.15) is 5.26 Å². The zero-order valence-electron chi connectivity index (χ0n) is 18.0. The van der Waals surface area contributed by atoms with Gasteiger partial charge in [0.25, 0.3) is 0 Å². The molecule has 1 unspecified atom stereocenters. The molecule has 2 heteroatoms. The highest BCUT2D eigenvalue weighted by molar-refractivity contribution is 5.46. The van der Waals surface area contributed by atoms with E-state index in [2.05, 4.69) is 66.1 Å². The van der Waals surface area contributed by atoms with Crippen LogP contribution in [0.5, 0.6) is 0 Å². The third-order valence-electron chi connectivity index (χ3n) is 7.38. The molecule has 2 heterocycles. The van der Waals surface area contributed by atoms with Crippen LogP contribution in [0.25, 0.3) is 0 Å². The van der Waals surface area contributed by atoms with Gasteiger partial charge in [-0.05, 0) is 75.0 Å². The van der Waals surface area contributed by atoms with Crippen LogP contribution in [0.15, 0.2) is 73.3 Å². The molecule has 2 nitrogen and oxygen atoms in total. The lowest BCUT2D eigenvalue weighted by Crippen LogP contribution is -2.44. The molecule has 2 aliphatic rings. The van der Waals surface area contributed by atoms with Gasteiger partial charge >= 0.3 is 0 Å². The maximum atomic E-state index is 10.5. The maximum absolute atomic E-state index is 10.5. The Labute approximate surface area is 182 Å². The van der Waals surface area contributed by atoms with Crippen LogP contribution in [-0.4, -0.2) is 23.5 Å². The van der Waals surface area contributed by atoms with Gasteiger partial charge < -0.3 is 0 Å². The average molecular weight is 399 g/mol. The third-order valence-corrected chi connectivity index (χ3v) is 7.38. The van der Waals surface area contributed by atoms with Crippen molar-refractivity contribution in [3.05, 3.63) is 84.4 Å². The van der Waals surface area contributed by atoms with Crippen molar-refractivity contribution in [2.75, 3.05) is 6.54 Å². The Bertz CT molecular complexity index is 798. The number of unbranched alkanes of at least 4 members (excludes halogenated alkanes) is 2. The molecule has 3 atom stereocenters. The molecule has 2 aromatic rings. The number of hydrogen-bond acceptors (Lipinski definition) is 2. The predicted molar refractivity (Wildman–Crippen MR) is 124 cm³/mol. The number of allylic oxidation sites excluding steroid dienone is 1. The molecule has 2 aromatic carbocycles. The first kappa shape index (κ1) is 20.9. The number of benzene rings is 2. The van der Waals surface area contributed by atoms with Crippen LogP contribution in [0.3, 0.4) is 0 Å². The predicted octanol–water partition coefficient (Wildman–Crippen LogP) is 6.49. The number of nitriles is 1. The minimum absolute atomic E-state index is 0.557. The average Bonchev–Trinajstić information content (AvgIpc) is 3.04. The Morgan fingerprint density at radius 3 is 2.00 bits per heavy atom. The van der Waals surface area contributed by atoms with Gasteiger partial charge in [0, 0.05) is 12.1 Å². The van der Waals surface area contributed by atoms with Crippen molar-refractivity contribution < 1.29 is 0 Å². The van der Waals surface area contributed by atoms with Crippen LogP contribution < -0.4 is 0 Å². The summed E-state index contributed by atoms with van der Waals surface area (Å²) in [5, 5.41) is 10.5. The highest BCUT2D eigenvalue weighted by Gasteiger charge is 2.44. The van der Waals surface area contributed by atoms with Crippen molar-refractivity contribution in [3.63, 3.8) is 0 Å². The van der Waals surface area contributed by atoms with E-state index in [1.807, 2.05) is 18.2 Å². The second-order valence-corrected chi connectivity index (χ2v) is 9.20. The molecule has 0 N–H and O–H groups in total. The number of rotatable bonds is 9. The van der Waals surface area contributed by atoms with E-state index in [9.17, 15) is 5.26 Å². The number of nitrogens with zero attached hydrogens (tertiary/aromatic N) is 2. The van der Waals surface area contributed by atoms with Gasteiger partial charge in [-0.1, -0.05) is 66.7 Å². The standard InChI is InChI=1S/C28H34N2/c1-2-3-4-11-18-30-26-16-17-27(30)20-23(19-26)21-28(22-29,24-12-7-5-8-13-24)25-14-9-6-10-15-25/h2,5-10,12-15,23,26-27H,1,3-4,11,16-21H2/t23?,26-,27+. The highest BCUT2D eigenvalue weighted by atomic mass is 15.2. The molecule has 2 aliphatic heterocycles. The molecular formula is C28H34N2. The molecule has 2 bridgehead atoms. The molecule has 0 spiro atoms. The van der Waals surface area contributed by atoms with Crippen molar-refractivity contribution in [2.24, 2.45) is 5.92 Å². The van der Waals surface area contributed by atoms with E-state index < -0.39 is 5.41 Å². The molecule has 0 saturated carbocycles. The Hall–Kier alpha value is -2.37. The summed E-state index contributed by atoms with van der Waals surface area (Å²) in [6, 6.07) is 25.1. The largest absolute Gasteiger partial charge is 0.297 e. The monoisotopic (exact) mass is 398 g/mol. The van der Waals surface area contributed by atoms with E-state index in [1.165, 1.54) is 45.1 Å². The normalized spacial score (nSPS) is 23.8. The Morgan fingerprint density at radius 2 is 1.50 bits per heavy atom. The fraction of sp³-hybridized carbons (Fsp3) is 0.464. The van der Waals surface area contributed by atoms with Crippen LogP contribution in [0, 0.1) is 17.2 Å². The first-order valence-electron chi connectivity index (χ1n) is 11.7. The molecule has 2 saturated heterocycles. The molecule has 156 valence electrons. The van der Waals surface area contributed by atoms with Crippen LogP contribution in [-0.2, 0) is 5.41 Å². The van der Waals surface area contributed by atoms with Crippen molar-refractivity contribution in [2.45, 2.75) is 68.9 Å². The highest BCUT2D eigenvalue weighted by Crippen LogP contribution is 2.46. The number of piperidine rings is 1. The molecule has 2 fully saturated rings. The summed E-state index contributed by atoms with van der Waals surface area (Å²) < 4.78 is 0. The Morgan fingerprint density at radius 1 is 0.933 bits per heavy atom. The number of fused-ring (bicyclic) bond motifs is 2. The summed E-state index contributed by atoms with van der Waals surface area (Å²) in [6.45, 7) is 5.08. The lowest BCUT2D eigenvalue weighted by Gasteiger charge is -2.42. The minimum Gasteiger partial charge on any atom is -0.297 e. The summed E-state index contributed by atoms with van der Waals surface area (Å²) in [7, 11) is 0. The third kappa shape index (κ3) is 4.23. The molecule has 4 rings (SSSR count). The van der Waals surface area contributed by atoms with Crippen LogP contribution >= 0.6 is 0 Å². The minimum atomic E-state index is -0.557. The molecule has 0 aromatic heterocycles. The van der Waals surface area contributed by atoms with Gasteiger partial charge in [0.2, 0.25) is 0 Å². The Kier molecular flexibility index (Phi) is 6.70. The van der Waals surface area contributed by atoms with E-state index >= 15 is 0 Å². The summed E-state index contributed by atoms with van der Waals surface area (Å²) >= 11 is 0. The van der Waals surface area contributed by atoms with E-state index in [-0.39, 0.29) is 0 Å². The summed E-state index contributed by atoms with van der Waals surface area (Å²) in [6.07, 6.45) is 11.8. The molecule has 0 amide bonds. The first-order valence-corrected chi connectivity index (χ1v) is 11.7. The molecular weight excluding hydrogens is 364 g/mol. The van der Waals surface area contributed by atoms with Crippen molar-refractivity contribution in [3.8, 4) is 6.07 Å². The summed E-state index contributed by atoms with van der Waals surface area (Å²) in [5.41, 5.74) is 1.72. The zero-order valence-corrected chi connectivity index (χ0v) is 18.0. The van der Waals surface area contributed by atoms with Crippen molar-refractivity contribution in [1.82, 2.24) is 4.90 Å². The van der Waals surface area contributed by atoms with Crippen molar-refractivity contribution >= 4 is 0 Å². The fourth-order valence-corrected chi connectivity index (χ4v) is 5.96. The van der Waals surface area contributed by atoms with E-state index in [0.717, 1.165) is 24.0 Å². The molecule has 30 heavy (non-hydrogen) atoms. The van der Waals surface area contributed by atoms with Crippen molar-refractivity contribution in [1.29, 1.82) is 5.26 Å². The lowest BCUT2D eigenvalue weighted by atomic mass is 9.68. The second kappa shape index (κ2) is 9.63. The smallest absolute Gasteiger partial charge is 0.107 e. The SMILES string of the molecule is C=CCCCCN1[C@@H]2CC[C@H]1CC(CC(C#N)(c1ccccc1)c1ccccc1)C2. The van der Waals surface area contributed by atoms with Gasteiger partial charge in [0.15, 0.2) is 0 Å². The molecule has 0 radical (unpaired) electrons. The second-order valence-electron chi connectivity index (χ2n) is 9.20. The number of hydrogen-bond donors (Lipinski definition) is 0. The van der Waals surface area contributed by atoms with Gasteiger partial charge in [-0.15, -0.1) is 6.58 Å². The van der Waals surface area contributed by atoms with Gasteiger partial charge in [0.05, 0.1) is 6.07 Å². The van der Waals surface area contributed by atoms with Crippen LogP contribution in [0.2, 0.25) is 0 Å². The van der Waals surface area contributed by atoms with E-state index in [0.29, 0.717) is 18.0 Å². The van der Waals surface area contributed by atoms with Gasteiger partial charge in [0.1, 0.15) is 5.41 Å².